The summed E-state index contributed by atoms with van der Waals surface area (Å²) >= 11 is 5.03. The van der Waals surface area contributed by atoms with Gasteiger partial charge >= 0.3 is 0 Å². The Bertz CT molecular complexity index is 1210. The van der Waals surface area contributed by atoms with E-state index in [9.17, 15) is 4.79 Å². The molecule has 2 aromatic heterocycles. The van der Waals surface area contributed by atoms with Crippen molar-refractivity contribution in [2.75, 3.05) is 23.0 Å². The van der Waals surface area contributed by atoms with Crippen LogP contribution in [-0.4, -0.2) is 38.7 Å². The second-order valence-electron chi connectivity index (χ2n) is 7.69. The minimum Gasteiger partial charge on any atom is -0.310 e. The summed E-state index contributed by atoms with van der Waals surface area (Å²) in [7, 11) is 0. The van der Waals surface area contributed by atoms with E-state index in [4.69, 9.17) is 0 Å². The fourth-order valence-corrected chi connectivity index (χ4v) is 6.42. The van der Waals surface area contributed by atoms with Crippen molar-refractivity contribution in [3.63, 3.8) is 0 Å². The predicted octanol–water partition coefficient (Wildman–Crippen LogP) is 5.40. The maximum Gasteiger partial charge on any atom is 0.237 e. The normalized spacial score (nSPS) is 13.2. The Labute approximate surface area is 206 Å². The number of hydrogen-bond acceptors (Lipinski definition) is 6. The molecule has 0 N–H and O–H groups in total. The molecule has 2 aromatic carbocycles. The van der Waals surface area contributed by atoms with E-state index in [2.05, 4.69) is 62.6 Å². The van der Waals surface area contributed by atoms with Crippen LogP contribution in [0.4, 0.5) is 5.69 Å². The van der Waals surface area contributed by atoms with Gasteiger partial charge in [-0.15, -0.1) is 33.3 Å². The van der Waals surface area contributed by atoms with Crippen LogP contribution in [0.15, 0.2) is 82.2 Å². The number of para-hydroxylation sites is 1. The zero-order valence-electron chi connectivity index (χ0n) is 18.1. The summed E-state index contributed by atoms with van der Waals surface area (Å²) in [6.45, 7) is 1.53. The van der Waals surface area contributed by atoms with E-state index < -0.39 is 0 Å². The van der Waals surface area contributed by atoms with E-state index in [-0.39, 0.29) is 5.91 Å². The van der Waals surface area contributed by atoms with Crippen LogP contribution in [0.3, 0.4) is 0 Å². The van der Waals surface area contributed by atoms with Crippen LogP contribution >= 0.6 is 34.9 Å². The van der Waals surface area contributed by atoms with Crippen molar-refractivity contribution in [2.24, 2.45) is 0 Å². The number of amides is 1. The van der Waals surface area contributed by atoms with Crippen LogP contribution in [0.25, 0.3) is 0 Å². The highest BCUT2D eigenvalue weighted by Crippen LogP contribution is 2.35. The minimum atomic E-state index is 0.116. The topological polar surface area (TPSA) is 51.0 Å². The molecule has 1 aliphatic heterocycles. The number of thiophene rings is 1. The van der Waals surface area contributed by atoms with Crippen molar-refractivity contribution in [3.8, 4) is 0 Å². The number of benzene rings is 2. The largest absolute Gasteiger partial charge is 0.310 e. The first-order chi connectivity index (χ1) is 16.3. The van der Waals surface area contributed by atoms with Gasteiger partial charge in [0, 0.05) is 35.0 Å². The maximum absolute atomic E-state index is 13.1. The monoisotopic (exact) mass is 492 g/mol. The van der Waals surface area contributed by atoms with Crippen LogP contribution in [0.2, 0.25) is 0 Å². The number of nitrogens with zero attached hydrogens (tertiary/aromatic N) is 4. The van der Waals surface area contributed by atoms with Gasteiger partial charge in [-0.25, -0.2) is 0 Å². The molecule has 5 rings (SSSR count). The highest BCUT2D eigenvalue weighted by Gasteiger charge is 2.23. The van der Waals surface area contributed by atoms with Gasteiger partial charge in [-0.05, 0) is 35.6 Å². The Morgan fingerprint density at radius 2 is 1.85 bits per heavy atom. The lowest BCUT2D eigenvalue weighted by molar-refractivity contribution is -0.116. The van der Waals surface area contributed by atoms with Gasteiger partial charge < -0.3 is 9.47 Å². The maximum atomic E-state index is 13.1. The third kappa shape index (κ3) is 5.34. The Morgan fingerprint density at radius 1 is 1.00 bits per heavy atom. The van der Waals surface area contributed by atoms with Gasteiger partial charge in [-0.3, -0.25) is 4.79 Å². The SMILES string of the molecule is O=C(CSc1nnc(Cc2cccs2)n1CCc1ccccc1)N1CCSc2ccccc21. The number of aryl methyl sites for hydroxylation is 1. The van der Waals surface area contributed by atoms with E-state index in [1.807, 2.05) is 40.9 Å². The number of carbonyl (C=O) groups is 1. The summed E-state index contributed by atoms with van der Waals surface area (Å²) < 4.78 is 2.19. The van der Waals surface area contributed by atoms with Crippen molar-refractivity contribution in [1.82, 2.24) is 14.8 Å². The van der Waals surface area contributed by atoms with E-state index in [1.165, 1.54) is 27.1 Å². The van der Waals surface area contributed by atoms with Gasteiger partial charge in [-0.2, -0.15) is 0 Å². The van der Waals surface area contributed by atoms with Gasteiger partial charge in [0.15, 0.2) is 5.16 Å². The highest BCUT2D eigenvalue weighted by molar-refractivity contribution is 8.00. The number of hydrogen-bond donors (Lipinski definition) is 0. The molecule has 0 aliphatic carbocycles. The molecule has 3 heterocycles. The van der Waals surface area contributed by atoms with E-state index in [0.29, 0.717) is 5.75 Å². The van der Waals surface area contributed by atoms with Crippen LogP contribution in [0.1, 0.15) is 16.3 Å². The first-order valence-corrected chi connectivity index (χ1v) is 13.8. The van der Waals surface area contributed by atoms with Crippen molar-refractivity contribution < 1.29 is 4.79 Å². The Kier molecular flexibility index (Phi) is 7.14. The third-order valence-corrected chi connectivity index (χ3v) is 8.40. The van der Waals surface area contributed by atoms with E-state index >= 15 is 0 Å². The molecule has 0 bridgehead atoms. The third-order valence-electron chi connectivity index (χ3n) is 5.53. The standard InChI is InChI=1S/C25H24N4OS3/c30-24(28-14-16-32-22-11-5-4-10-21(22)28)18-33-25-27-26-23(17-20-9-6-15-31-20)29(25)13-12-19-7-2-1-3-8-19/h1-11,15H,12-14,16-18H2. The molecule has 8 heteroatoms. The van der Waals surface area contributed by atoms with Crippen molar-refractivity contribution in [2.45, 2.75) is 29.4 Å². The molecule has 0 spiro atoms. The molecule has 168 valence electrons. The fraction of sp³-hybridized carbons (Fsp3) is 0.240. The average molecular weight is 493 g/mol. The summed E-state index contributed by atoms with van der Waals surface area (Å²) in [4.78, 5) is 17.5. The molecule has 0 atom stereocenters. The smallest absolute Gasteiger partial charge is 0.237 e. The molecular formula is C25H24N4OS3. The first-order valence-electron chi connectivity index (χ1n) is 10.9. The van der Waals surface area contributed by atoms with Gasteiger partial charge in [0.25, 0.3) is 0 Å². The average Bonchev–Trinajstić information content (AvgIpc) is 3.51. The van der Waals surface area contributed by atoms with Crippen LogP contribution in [0.5, 0.6) is 0 Å². The summed E-state index contributed by atoms with van der Waals surface area (Å²) in [6.07, 6.45) is 1.65. The fourth-order valence-electron chi connectivity index (χ4n) is 3.87. The molecule has 5 nitrogen and oxygen atoms in total. The number of anilines is 1. The summed E-state index contributed by atoms with van der Waals surface area (Å²) in [5.41, 5.74) is 2.30. The van der Waals surface area contributed by atoms with Crippen molar-refractivity contribution in [1.29, 1.82) is 0 Å². The number of fused-ring (bicyclic) bond motifs is 1. The van der Waals surface area contributed by atoms with Gasteiger partial charge in [0.1, 0.15) is 5.82 Å². The van der Waals surface area contributed by atoms with Gasteiger partial charge in [-0.1, -0.05) is 60.3 Å². The molecule has 33 heavy (non-hydrogen) atoms. The number of aromatic nitrogens is 3. The van der Waals surface area contributed by atoms with Gasteiger partial charge in [0.05, 0.1) is 11.4 Å². The zero-order valence-corrected chi connectivity index (χ0v) is 20.5. The second-order valence-corrected chi connectivity index (χ2v) is 10.8. The zero-order chi connectivity index (χ0) is 22.5. The Hall–Kier alpha value is -2.55. The van der Waals surface area contributed by atoms with Crippen molar-refractivity contribution >= 4 is 46.5 Å². The molecule has 0 saturated carbocycles. The van der Waals surface area contributed by atoms with Crippen LogP contribution in [0, 0.1) is 0 Å². The lowest BCUT2D eigenvalue weighted by Crippen LogP contribution is -2.36. The summed E-state index contributed by atoms with van der Waals surface area (Å²) in [5, 5.41) is 11.9. The highest BCUT2D eigenvalue weighted by atomic mass is 32.2. The number of carbonyl (C=O) groups excluding carboxylic acids is 1. The molecular weight excluding hydrogens is 469 g/mol. The number of thioether (sulfide) groups is 2. The molecule has 4 aromatic rings. The quantitative estimate of drug-likeness (QED) is 0.308. The van der Waals surface area contributed by atoms with E-state index in [1.54, 1.807) is 11.3 Å². The number of rotatable bonds is 8. The molecule has 0 saturated heterocycles. The van der Waals surface area contributed by atoms with Gasteiger partial charge in [0.2, 0.25) is 5.91 Å². The van der Waals surface area contributed by atoms with E-state index in [0.717, 1.165) is 48.4 Å². The minimum absolute atomic E-state index is 0.116. The second kappa shape index (κ2) is 10.6. The predicted molar refractivity (Wildman–Crippen MR) is 138 cm³/mol. The molecule has 1 amide bonds. The first kappa shape index (κ1) is 22.3. The molecule has 0 unspecified atom stereocenters. The summed E-state index contributed by atoms with van der Waals surface area (Å²) in [5.74, 6) is 2.33. The molecule has 0 fully saturated rings. The molecule has 1 aliphatic rings. The Morgan fingerprint density at radius 3 is 2.70 bits per heavy atom. The van der Waals surface area contributed by atoms with Crippen molar-refractivity contribution in [3.05, 3.63) is 88.4 Å². The van der Waals surface area contributed by atoms with Crippen LogP contribution < -0.4 is 4.90 Å². The van der Waals surface area contributed by atoms with Crippen LogP contribution in [-0.2, 0) is 24.2 Å². The molecule has 0 radical (unpaired) electrons. The lowest BCUT2D eigenvalue weighted by Gasteiger charge is -2.28. The Balaban J connectivity index is 1.32. The lowest BCUT2D eigenvalue weighted by atomic mass is 10.1. The summed E-state index contributed by atoms with van der Waals surface area (Å²) in [6, 6.07) is 22.8.